The number of hydrogen-bond donors (Lipinski definition) is 1. The van der Waals surface area contributed by atoms with Gasteiger partial charge in [-0.05, 0) is 62.5 Å². The first-order chi connectivity index (χ1) is 12.1. The number of piperidine rings is 1. The van der Waals surface area contributed by atoms with Crippen molar-refractivity contribution in [2.45, 2.75) is 32.2 Å². The molecule has 1 aromatic heterocycles. The maximum absolute atomic E-state index is 14.2. The Bertz CT molecular complexity index is 874. The number of H-pyrrole nitrogens is 1. The number of halogens is 2. The smallest absolute Gasteiger partial charge is 0.128 e. The maximum Gasteiger partial charge on any atom is 0.128 e. The molecule has 1 fully saturated rings. The summed E-state index contributed by atoms with van der Waals surface area (Å²) in [5.41, 5.74) is 4.51. The second kappa shape index (κ2) is 6.81. The highest BCUT2D eigenvalue weighted by molar-refractivity contribution is 6.31. The second-order valence-electron chi connectivity index (χ2n) is 6.96. The lowest BCUT2D eigenvalue weighted by Gasteiger charge is -2.32. The van der Waals surface area contributed by atoms with Gasteiger partial charge < -0.3 is 4.98 Å². The van der Waals surface area contributed by atoms with Gasteiger partial charge in [-0.2, -0.15) is 0 Å². The third-order valence-electron chi connectivity index (χ3n) is 5.40. The average Bonchev–Trinajstić information content (AvgIpc) is 2.92. The lowest BCUT2D eigenvalue weighted by atomic mass is 9.89. The lowest BCUT2D eigenvalue weighted by molar-refractivity contribution is 0.203. The first kappa shape index (κ1) is 16.6. The fourth-order valence-corrected chi connectivity index (χ4v) is 4.36. The van der Waals surface area contributed by atoms with Crippen molar-refractivity contribution in [3.05, 3.63) is 70.1 Å². The van der Waals surface area contributed by atoms with Crippen LogP contribution >= 0.6 is 11.6 Å². The molecule has 0 atom stereocenters. The van der Waals surface area contributed by atoms with Gasteiger partial charge in [0.25, 0.3) is 0 Å². The molecule has 2 nitrogen and oxygen atoms in total. The highest BCUT2D eigenvalue weighted by Gasteiger charge is 2.25. The predicted octanol–water partition coefficient (Wildman–Crippen LogP) is 5.65. The Balaban J connectivity index is 1.48. The van der Waals surface area contributed by atoms with Crippen LogP contribution in [-0.4, -0.2) is 23.0 Å². The first-order valence-electron chi connectivity index (χ1n) is 8.86. The number of aryl methyl sites for hydroxylation is 1. The van der Waals surface area contributed by atoms with E-state index in [1.807, 2.05) is 0 Å². The van der Waals surface area contributed by atoms with Crippen LogP contribution in [0, 0.1) is 12.7 Å². The zero-order valence-corrected chi connectivity index (χ0v) is 15.1. The fraction of sp³-hybridized carbons (Fsp3) is 0.333. The van der Waals surface area contributed by atoms with Crippen LogP contribution in [-0.2, 0) is 6.54 Å². The van der Waals surface area contributed by atoms with E-state index >= 15 is 0 Å². The van der Waals surface area contributed by atoms with Gasteiger partial charge in [-0.25, -0.2) is 4.39 Å². The molecule has 0 unspecified atom stereocenters. The Kier molecular flexibility index (Phi) is 4.53. The molecule has 3 aromatic rings. The summed E-state index contributed by atoms with van der Waals surface area (Å²) in [5.74, 6) is 0.0486. The van der Waals surface area contributed by atoms with Crippen LogP contribution in [0.3, 0.4) is 0 Å². The molecule has 25 heavy (non-hydrogen) atoms. The highest BCUT2D eigenvalue weighted by atomic mass is 35.5. The number of aromatic amines is 1. The summed E-state index contributed by atoms with van der Waals surface area (Å²) in [7, 11) is 0. The van der Waals surface area contributed by atoms with Crippen LogP contribution in [0.25, 0.3) is 10.9 Å². The summed E-state index contributed by atoms with van der Waals surface area (Å²) in [6.45, 7) is 5.01. The van der Waals surface area contributed by atoms with E-state index in [0.29, 0.717) is 10.6 Å². The number of benzene rings is 2. The standard InChI is InChI=1S/C21H22ClFN2/c1-14-17(16-5-2-3-8-20(16)24-14)13-25-11-9-15(10-12-25)21-18(22)6-4-7-19(21)23/h2-8,15,24H,9-13H2,1H3. The monoisotopic (exact) mass is 356 g/mol. The van der Waals surface area contributed by atoms with Gasteiger partial charge in [0.1, 0.15) is 5.82 Å². The van der Waals surface area contributed by atoms with Crippen molar-refractivity contribution < 1.29 is 4.39 Å². The van der Waals surface area contributed by atoms with E-state index in [2.05, 4.69) is 41.1 Å². The molecule has 0 radical (unpaired) electrons. The van der Waals surface area contributed by atoms with Crippen molar-refractivity contribution in [3.8, 4) is 0 Å². The molecule has 1 saturated heterocycles. The fourth-order valence-electron chi connectivity index (χ4n) is 4.04. The summed E-state index contributed by atoms with van der Waals surface area (Å²) < 4.78 is 14.2. The van der Waals surface area contributed by atoms with E-state index in [0.717, 1.165) is 32.5 Å². The number of fused-ring (bicyclic) bond motifs is 1. The number of nitrogens with one attached hydrogen (secondary N) is 1. The van der Waals surface area contributed by atoms with Gasteiger partial charge in [0, 0.05) is 33.7 Å². The summed E-state index contributed by atoms with van der Waals surface area (Å²) in [6.07, 6.45) is 1.89. The average molecular weight is 357 g/mol. The molecule has 1 aliphatic rings. The van der Waals surface area contributed by atoms with Gasteiger partial charge in [-0.3, -0.25) is 4.90 Å². The number of rotatable bonds is 3. The molecule has 0 aliphatic carbocycles. The zero-order chi connectivity index (χ0) is 17.4. The number of para-hydroxylation sites is 1. The Morgan fingerprint density at radius 3 is 2.64 bits per heavy atom. The van der Waals surface area contributed by atoms with E-state index < -0.39 is 0 Å². The topological polar surface area (TPSA) is 19.0 Å². The molecule has 0 spiro atoms. The van der Waals surface area contributed by atoms with E-state index in [9.17, 15) is 4.39 Å². The van der Waals surface area contributed by atoms with Gasteiger partial charge in [0.05, 0.1) is 0 Å². The third kappa shape index (κ3) is 3.19. The van der Waals surface area contributed by atoms with Crippen LogP contribution in [0.2, 0.25) is 5.02 Å². The molecule has 2 aromatic carbocycles. The minimum Gasteiger partial charge on any atom is -0.358 e. The lowest BCUT2D eigenvalue weighted by Crippen LogP contribution is -2.33. The molecule has 0 saturated carbocycles. The van der Waals surface area contributed by atoms with Crippen molar-refractivity contribution in [1.29, 1.82) is 0 Å². The van der Waals surface area contributed by atoms with Gasteiger partial charge >= 0.3 is 0 Å². The molecule has 1 aliphatic heterocycles. The minimum absolute atomic E-state index is 0.168. The van der Waals surface area contributed by atoms with Gasteiger partial charge in [0.2, 0.25) is 0 Å². The van der Waals surface area contributed by atoms with Crippen LogP contribution in [0.15, 0.2) is 42.5 Å². The van der Waals surface area contributed by atoms with Crippen LogP contribution < -0.4 is 0 Å². The zero-order valence-electron chi connectivity index (χ0n) is 14.4. The van der Waals surface area contributed by atoms with Gasteiger partial charge in [-0.15, -0.1) is 0 Å². The molecular weight excluding hydrogens is 335 g/mol. The summed E-state index contributed by atoms with van der Waals surface area (Å²) in [6, 6.07) is 13.4. The number of nitrogens with zero attached hydrogens (tertiary/aromatic N) is 1. The van der Waals surface area contributed by atoms with Gasteiger partial charge in [0.15, 0.2) is 0 Å². The number of hydrogen-bond acceptors (Lipinski definition) is 1. The summed E-state index contributed by atoms with van der Waals surface area (Å²) >= 11 is 6.24. The van der Waals surface area contributed by atoms with Crippen LogP contribution in [0.5, 0.6) is 0 Å². The third-order valence-corrected chi connectivity index (χ3v) is 5.73. The van der Waals surface area contributed by atoms with Crippen molar-refractivity contribution >= 4 is 22.5 Å². The van der Waals surface area contributed by atoms with Crippen molar-refractivity contribution in [2.75, 3.05) is 13.1 Å². The highest BCUT2D eigenvalue weighted by Crippen LogP contribution is 2.35. The maximum atomic E-state index is 14.2. The molecule has 4 rings (SSSR count). The van der Waals surface area contributed by atoms with E-state index in [1.165, 1.54) is 28.2 Å². The Hall–Kier alpha value is -1.84. The van der Waals surface area contributed by atoms with Gasteiger partial charge in [-0.1, -0.05) is 35.9 Å². The van der Waals surface area contributed by atoms with E-state index in [-0.39, 0.29) is 11.7 Å². The molecule has 0 amide bonds. The Labute approximate surface area is 152 Å². The largest absolute Gasteiger partial charge is 0.358 e. The van der Waals surface area contributed by atoms with Crippen LogP contribution in [0.1, 0.15) is 35.6 Å². The van der Waals surface area contributed by atoms with Crippen molar-refractivity contribution in [3.63, 3.8) is 0 Å². The summed E-state index contributed by atoms with van der Waals surface area (Å²) in [4.78, 5) is 5.94. The second-order valence-corrected chi connectivity index (χ2v) is 7.37. The van der Waals surface area contributed by atoms with Crippen molar-refractivity contribution in [1.82, 2.24) is 9.88 Å². The molecule has 0 bridgehead atoms. The summed E-state index contributed by atoms with van der Waals surface area (Å²) in [5, 5.41) is 1.87. The van der Waals surface area contributed by atoms with E-state index in [4.69, 9.17) is 11.6 Å². The Morgan fingerprint density at radius 1 is 1.12 bits per heavy atom. The number of aromatic nitrogens is 1. The molecular formula is C21H22ClFN2. The SMILES string of the molecule is Cc1[nH]c2ccccc2c1CN1CCC(c2c(F)cccc2Cl)CC1. The van der Waals surface area contributed by atoms with Crippen molar-refractivity contribution in [2.24, 2.45) is 0 Å². The first-order valence-corrected chi connectivity index (χ1v) is 9.23. The number of likely N-dealkylation sites (tertiary alicyclic amines) is 1. The van der Waals surface area contributed by atoms with E-state index in [1.54, 1.807) is 12.1 Å². The Morgan fingerprint density at radius 2 is 1.88 bits per heavy atom. The van der Waals surface area contributed by atoms with Crippen LogP contribution in [0.4, 0.5) is 4.39 Å². The molecule has 2 heterocycles. The minimum atomic E-state index is -0.168. The molecule has 1 N–H and O–H groups in total. The quantitative estimate of drug-likeness (QED) is 0.642. The molecule has 4 heteroatoms. The predicted molar refractivity (Wildman–Crippen MR) is 102 cm³/mol. The molecule has 130 valence electrons. The normalized spacial score (nSPS) is 16.6.